The number of carbonyl (C=O) groups is 1. The number of sulfonamides is 1. The molecule has 1 amide bonds. The van der Waals surface area contributed by atoms with E-state index in [0.717, 1.165) is 6.42 Å². The molecule has 0 aromatic heterocycles. The lowest BCUT2D eigenvalue weighted by atomic mass is 9.72. The maximum atomic E-state index is 15.1. The van der Waals surface area contributed by atoms with Crippen molar-refractivity contribution in [3.05, 3.63) is 65.2 Å². The number of nitrogens with one attached hydrogen (secondary N) is 2. The van der Waals surface area contributed by atoms with Crippen LogP contribution in [0.3, 0.4) is 0 Å². The Kier molecular flexibility index (Phi) is 9.27. The molecule has 1 aliphatic carbocycles. The van der Waals surface area contributed by atoms with E-state index in [1.165, 1.54) is 40.7 Å². The summed E-state index contributed by atoms with van der Waals surface area (Å²) in [5.74, 6) is -5.25. The maximum Gasteiger partial charge on any atom is 0.248 e. The Labute approximate surface area is 244 Å². The minimum Gasteiger partial charge on any atom is -0.324 e. The SMILES string of the molecule is N[C@H](C(=O)Nc1cccc(F)c1CCC1CNC2CCCS(=O)(=O)N1C2)[C@H](c1ccc(F)cc1)C1CCC(F)(F)CC1. The van der Waals surface area contributed by atoms with Gasteiger partial charge in [0.1, 0.15) is 11.6 Å². The summed E-state index contributed by atoms with van der Waals surface area (Å²) in [6.45, 7) is 0.852. The molecule has 5 atom stereocenters. The van der Waals surface area contributed by atoms with Gasteiger partial charge in [-0.2, -0.15) is 4.31 Å². The normalized spacial score (nSPS) is 27.0. The number of hydrogen-bond acceptors (Lipinski definition) is 5. The number of nitrogens with two attached hydrogens (primary N) is 1. The minimum absolute atomic E-state index is 0.0917. The van der Waals surface area contributed by atoms with Crippen molar-refractivity contribution < 1.29 is 30.8 Å². The van der Waals surface area contributed by atoms with Gasteiger partial charge in [-0.05, 0) is 74.3 Å². The lowest BCUT2D eigenvalue weighted by molar-refractivity contribution is -0.118. The number of fused-ring (bicyclic) bond motifs is 2. The Bertz CT molecular complexity index is 1370. The number of amides is 1. The van der Waals surface area contributed by atoms with Gasteiger partial charge in [0.2, 0.25) is 21.9 Å². The topological polar surface area (TPSA) is 105 Å². The number of halogens is 4. The zero-order chi connectivity index (χ0) is 30.1. The third-order valence-electron chi connectivity index (χ3n) is 9.08. The predicted molar refractivity (Wildman–Crippen MR) is 153 cm³/mol. The van der Waals surface area contributed by atoms with Crippen LogP contribution in [0.1, 0.15) is 62.0 Å². The number of anilines is 1. The Morgan fingerprint density at radius 3 is 2.52 bits per heavy atom. The highest BCUT2D eigenvalue weighted by atomic mass is 32.2. The molecule has 2 aromatic carbocycles. The van der Waals surface area contributed by atoms with Crippen LogP contribution < -0.4 is 16.4 Å². The highest BCUT2D eigenvalue weighted by Gasteiger charge is 2.42. The van der Waals surface area contributed by atoms with Gasteiger partial charge in [-0.25, -0.2) is 26.0 Å². The molecule has 5 rings (SSSR count). The van der Waals surface area contributed by atoms with E-state index in [1.807, 2.05) is 0 Å². The summed E-state index contributed by atoms with van der Waals surface area (Å²) < 4.78 is 83.9. The van der Waals surface area contributed by atoms with Crippen molar-refractivity contribution in [1.82, 2.24) is 9.62 Å². The van der Waals surface area contributed by atoms with Crippen LogP contribution in [0.25, 0.3) is 0 Å². The standard InChI is InChI=1S/C30H38F4N4O3S/c31-21-8-6-19(7-9-21)27(20-12-14-30(33,34)15-13-20)28(35)29(39)37-26-5-1-4-25(32)24(26)11-10-23-17-36-22-3-2-16-42(40,41)38(23)18-22/h1,4-9,20,22-23,27-28,36H,2-3,10-18,35H2,(H,37,39)/t22?,23?,27-,28+/m1/s1. The van der Waals surface area contributed by atoms with E-state index in [0.29, 0.717) is 31.5 Å². The molecule has 0 spiro atoms. The van der Waals surface area contributed by atoms with Crippen LogP contribution in [0.4, 0.5) is 23.2 Å². The number of hydrogen-bond donors (Lipinski definition) is 3. The molecule has 2 aliphatic heterocycles. The zero-order valence-electron chi connectivity index (χ0n) is 23.4. The van der Waals surface area contributed by atoms with Crippen molar-refractivity contribution in [3.8, 4) is 0 Å². The highest BCUT2D eigenvalue weighted by molar-refractivity contribution is 7.89. The molecule has 0 radical (unpaired) electrons. The maximum absolute atomic E-state index is 15.1. The van der Waals surface area contributed by atoms with Crippen molar-refractivity contribution in [1.29, 1.82) is 0 Å². The van der Waals surface area contributed by atoms with Crippen LogP contribution in [-0.4, -0.2) is 61.5 Å². The Morgan fingerprint density at radius 1 is 1.10 bits per heavy atom. The molecule has 2 bridgehead atoms. The molecule has 3 fully saturated rings. The van der Waals surface area contributed by atoms with Crippen molar-refractivity contribution in [2.75, 3.05) is 24.2 Å². The molecule has 12 heteroatoms. The second-order valence-corrected chi connectivity index (χ2v) is 13.9. The molecule has 2 heterocycles. The first-order chi connectivity index (χ1) is 19.9. The quantitative estimate of drug-likeness (QED) is 0.381. The second kappa shape index (κ2) is 12.6. The first-order valence-corrected chi connectivity index (χ1v) is 16.2. The molecule has 3 aliphatic rings. The van der Waals surface area contributed by atoms with Gasteiger partial charge in [-0.1, -0.05) is 18.2 Å². The van der Waals surface area contributed by atoms with Crippen LogP contribution in [-0.2, 0) is 21.2 Å². The number of carbonyl (C=O) groups excluding carboxylic acids is 1. The summed E-state index contributed by atoms with van der Waals surface area (Å²) in [5, 5.41) is 6.15. The molecular formula is C30H38F4N4O3S. The van der Waals surface area contributed by atoms with E-state index >= 15 is 4.39 Å². The van der Waals surface area contributed by atoms with E-state index in [1.54, 1.807) is 6.07 Å². The predicted octanol–water partition coefficient (Wildman–Crippen LogP) is 4.54. The Morgan fingerprint density at radius 2 is 1.81 bits per heavy atom. The monoisotopic (exact) mass is 610 g/mol. The molecule has 3 unspecified atom stereocenters. The molecule has 7 nitrogen and oxygen atoms in total. The summed E-state index contributed by atoms with van der Waals surface area (Å²) in [6, 6.07) is 8.46. The number of rotatable bonds is 8. The molecule has 4 N–H and O–H groups in total. The van der Waals surface area contributed by atoms with Gasteiger partial charge in [-0.3, -0.25) is 4.79 Å². The van der Waals surface area contributed by atoms with Crippen molar-refractivity contribution in [3.63, 3.8) is 0 Å². The fourth-order valence-electron chi connectivity index (χ4n) is 6.74. The summed E-state index contributed by atoms with van der Waals surface area (Å²) in [6.07, 6.45) is 1.60. The van der Waals surface area contributed by atoms with Crippen LogP contribution in [0, 0.1) is 17.6 Å². The van der Waals surface area contributed by atoms with E-state index in [9.17, 15) is 26.4 Å². The molecule has 1 saturated carbocycles. The molecule has 2 aromatic rings. The van der Waals surface area contributed by atoms with Gasteiger partial charge >= 0.3 is 0 Å². The second-order valence-electron chi connectivity index (χ2n) is 11.9. The van der Waals surface area contributed by atoms with Crippen molar-refractivity contribution in [2.45, 2.75) is 81.3 Å². The largest absolute Gasteiger partial charge is 0.324 e. The van der Waals surface area contributed by atoms with Crippen LogP contribution in [0.15, 0.2) is 42.5 Å². The van der Waals surface area contributed by atoms with Crippen LogP contribution in [0.2, 0.25) is 0 Å². The minimum atomic E-state index is -3.41. The van der Waals surface area contributed by atoms with Gasteiger partial charge in [0.15, 0.2) is 0 Å². The smallest absolute Gasteiger partial charge is 0.248 e. The van der Waals surface area contributed by atoms with Crippen molar-refractivity contribution >= 4 is 21.6 Å². The van der Waals surface area contributed by atoms with Crippen molar-refractivity contribution in [2.24, 2.45) is 11.7 Å². The van der Waals surface area contributed by atoms with Gasteiger partial charge in [-0.15, -0.1) is 0 Å². The lowest BCUT2D eigenvalue weighted by Crippen LogP contribution is -2.57. The molecule has 230 valence electrons. The third kappa shape index (κ3) is 6.98. The van der Waals surface area contributed by atoms with Gasteiger partial charge in [0, 0.05) is 55.2 Å². The summed E-state index contributed by atoms with van der Waals surface area (Å²) >= 11 is 0. The zero-order valence-corrected chi connectivity index (χ0v) is 24.2. The fraction of sp³-hybridized carbons (Fsp3) is 0.567. The number of benzene rings is 2. The van der Waals surface area contributed by atoms with Gasteiger partial charge < -0.3 is 16.4 Å². The average molecular weight is 611 g/mol. The van der Waals surface area contributed by atoms with Crippen LogP contribution >= 0.6 is 0 Å². The summed E-state index contributed by atoms with van der Waals surface area (Å²) in [7, 11) is -3.41. The molecular weight excluding hydrogens is 572 g/mol. The van der Waals surface area contributed by atoms with E-state index in [4.69, 9.17) is 5.73 Å². The number of nitrogens with zero attached hydrogens (tertiary/aromatic N) is 1. The van der Waals surface area contributed by atoms with E-state index < -0.39 is 45.4 Å². The fourth-order valence-corrected chi connectivity index (χ4v) is 8.55. The Balaban J connectivity index is 1.33. The number of piperazine rings is 1. The first kappa shape index (κ1) is 30.9. The first-order valence-electron chi connectivity index (χ1n) is 14.6. The van der Waals surface area contributed by atoms with E-state index in [-0.39, 0.29) is 67.1 Å². The Hall–Kier alpha value is -2.54. The lowest BCUT2D eigenvalue weighted by Gasteiger charge is -2.37. The summed E-state index contributed by atoms with van der Waals surface area (Å²) in [4.78, 5) is 13.5. The van der Waals surface area contributed by atoms with Gasteiger partial charge in [0.05, 0.1) is 11.8 Å². The molecule has 42 heavy (non-hydrogen) atoms. The van der Waals surface area contributed by atoms with E-state index in [2.05, 4.69) is 10.6 Å². The average Bonchev–Trinajstić information content (AvgIpc) is 3.06. The third-order valence-corrected chi connectivity index (χ3v) is 11.0. The van der Waals surface area contributed by atoms with Crippen LogP contribution in [0.5, 0.6) is 0 Å². The number of alkyl halides is 2. The summed E-state index contributed by atoms with van der Waals surface area (Å²) in [5.41, 5.74) is 7.53. The van der Waals surface area contributed by atoms with Gasteiger partial charge in [0.25, 0.3) is 0 Å². The highest BCUT2D eigenvalue weighted by Crippen LogP contribution is 2.43. The molecule has 2 saturated heterocycles.